The molecule has 0 aliphatic rings. The predicted molar refractivity (Wildman–Crippen MR) is 109 cm³/mol. The smallest absolute Gasteiger partial charge is 0.382 e. The van der Waals surface area contributed by atoms with Crippen LogP contribution in [-0.2, 0) is 0 Å². The van der Waals surface area contributed by atoms with Crippen molar-refractivity contribution in [1.29, 1.82) is 0 Å². The molecule has 0 saturated carbocycles. The van der Waals surface area contributed by atoms with Gasteiger partial charge < -0.3 is 4.42 Å². The molecule has 0 aliphatic carbocycles. The van der Waals surface area contributed by atoms with E-state index in [1.165, 1.54) is 11.1 Å². The van der Waals surface area contributed by atoms with Gasteiger partial charge in [0.25, 0.3) is 0 Å². The van der Waals surface area contributed by atoms with Gasteiger partial charge in [-0.3, -0.25) is 4.57 Å². The van der Waals surface area contributed by atoms with E-state index in [0.29, 0.717) is 22.9 Å². The summed E-state index contributed by atoms with van der Waals surface area (Å²) in [5, 5.41) is 0. The van der Waals surface area contributed by atoms with E-state index in [0.717, 1.165) is 22.8 Å². The van der Waals surface area contributed by atoms with E-state index >= 15 is 0 Å². The zero-order valence-electron chi connectivity index (χ0n) is 16.8. The van der Waals surface area contributed by atoms with Crippen LogP contribution >= 0.6 is 0 Å². The topological polar surface area (TPSA) is 43.9 Å². The molecule has 144 valence electrons. The van der Waals surface area contributed by atoms with E-state index in [1.807, 2.05) is 25.3 Å². The molecule has 4 aromatic rings. The SMILES string of the molecule is Cc1cn(-c2c(C(C)C)cccc2C(C)C)c(-c2cccc3oc(F)nc23)n1. The van der Waals surface area contributed by atoms with Gasteiger partial charge in [0.05, 0.1) is 11.4 Å². The highest BCUT2D eigenvalue weighted by molar-refractivity contribution is 5.89. The molecular weight excluding hydrogens is 353 g/mol. The average molecular weight is 377 g/mol. The van der Waals surface area contributed by atoms with Gasteiger partial charge in [-0.25, -0.2) is 4.98 Å². The van der Waals surface area contributed by atoms with E-state index in [2.05, 4.69) is 55.4 Å². The maximum atomic E-state index is 13.7. The minimum absolute atomic E-state index is 0.351. The lowest BCUT2D eigenvalue weighted by molar-refractivity contribution is 0.355. The largest absolute Gasteiger partial charge is 0.415 e. The molecule has 0 amide bonds. The number of aromatic nitrogens is 3. The first-order chi connectivity index (χ1) is 13.4. The van der Waals surface area contributed by atoms with Crippen molar-refractivity contribution in [2.24, 2.45) is 0 Å². The summed E-state index contributed by atoms with van der Waals surface area (Å²) in [5.74, 6) is 1.44. The van der Waals surface area contributed by atoms with Crippen LogP contribution in [0.5, 0.6) is 0 Å². The first-order valence-corrected chi connectivity index (χ1v) is 9.61. The van der Waals surface area contributed by atoms with E-state index in [1.54, 1.807) is 6.07 Å². The maximum absolute atomic E-state index is 13.7. The summed E-state index contributed by atoms with van der Waals surface area (Å²) >= 11 is 0. The molecule has 2 heterocycles. The number of nitrogens with zero attached hydrogens (tertiary/aromatic N) is 3. The van der Waals surface area contributed by atoms with E-state index in [9.17, 15) is 4.39 Å². The Balaban J connectivity index is 2.05. The number of aryl methyl sites for hydroxylation is 1. The van der Waals surface area contributed by atoms with Crippen LogP contribution in [0, 0.1) is 13.1 Å². The van der Waals surface area contributed by atoms with Crippen molar-refractivity contribution in [3.8, 4) is 17.1 Å². The third kappa shape index (κ3) is 3.01. The van der Waals surface area contributed by atoms with Gasteiger partial charge in [0.1, 0.15) is 11.3 Å². The van der Waals surface area contributed by atoms with Crippen molar-refractivity contribution in [3.63, 3.8) is 0 Å². The van der Waals surface area contributed by atoms with Crippen LogP contribution in [0.3, 0.4) is 0 Å². The molecule has 0 saturated heterocycles. The Bertz CT molecular complexity index is 1130. The molecular formula is C23H24FN3O. The van der Waals surface area contributed by atoms with Crippen molar-refractivity contribution in [2.75, 3.05) is 0 Å². The summed E-state index contributed by atoms with van der Waals surface area (Å²) in [7, 11) is 0. The van der Waals surface area contributed by atoms with Crippen molar-refractivity contribution in [3.05, 3.63) is 65.6 Å². The van der Waals surface area contributed by atoms with E-state index in [-0.39, 0.29) is 0 Å². The van der Waals surface area contributed by atoms with Gasteiger partial charge in [-0.15, -0.1) is 4.39 Å². The molecule has 28 heavy (non-hydrogen) atoms. The van der Waals surface area contributed by atoms with Crippen LogP contribution in [0.25, 0.3) is 28.2 Å². The number of halogens is 1. The molecule has 0 unspecified atom stereocenters. The van der Waals surface area contributed by atoms with Gasteiger partial charge in [-0.05, 0) is 42.0 Å². The quantitative estimate of drug-likeness (QED) is 0.415. The molecule has 2 aromatic heterocycles. The molecule has 4 nitrogen and oxygen atoms in total. The van der Waals surface area contributed by atoms with E-state index in [4.69, 9.17) is 9.40 Å². The standard InChI is InChI=1S/C23H24FN3O/c1-13(2)16-8-6-9-17(14(3)4)21(16)27-12-15(5)25-22(27)18-10-7-11-19-20(18)26-23(24)28-19/h6-14H,1-5H3. The molecule has 4 rings (SSSR count). The summed E-state index contributed by atoms with van der Waals surface area (Å²) in [6, 6.07) is 11.9. The van der Waals surface area contributed by atoms with Gasteiger partial charge in [0.2, 0.25) is 0 Å². The summed E-state index contributed by atoms with van der Waals surface area (Å²) in [4.78, 5) is 8.74. The fraction of sp³-hybridized carbons (Fsp3) is 0.304. The third-order valence-electron chi connectivity index (χ3n) is 5.04. The molecule has 0 fully saturated rings. The molecule has 0 atom stereocenters. The number of hydrogen-bond donors (Lipinski definition) is 0. The normalized spacial score (nSPS) is 11.9. The summed E-state index contributed by atoms with van der Waals surface area (Å²) in [6.07, 6.45) is 1.21. The lowest BCUT2D eigenvalue weighted by Crippen LogP contribution is -2.08. The minimum Gasteiger partial charge on any atom is -0.415 e. The number of fused-ring (bicyclic) bond motifs is 1. The van der Waals surface area contributed by atoms with Crippen LogP contribution in [0.2, 0.25) is 0 Å². The highest BCUT2D eigenvalue weighted by Gasteiger charge is 2.21. The number of imidazole rings is 1. The lowest BCUT2D eigenvalue weighted by atomic mass is 9.92. The number of hydrogen-bond acceptors (Lipinski definition) is 3. The maximum Gasteiger partial charge on any atom is 0.382 e. The Morgan fingerprint density at radius 2 is 1.57 bits per heavy atom. The molecule has 0 radical (unpaired) electrons. The fourth-order valence-electron chi connectivity index (χ4n) is 3.75. The van der Waals surface area contributed by atoms with Crippen LogP contribution in [-0.4, -0.2) is 14.5 Å². The zero-order valence-corrected chi connectivity index (χ0v) is 16.8. The second kappa shape index (κ2) is 6.89. The number of oxazole rings is 1. The predicted octanol–water partition coefficient (Wildman–Crippen LogP) is 6.37. The Kier molecular flexibility index (Phi) is 4.53. The summed E-state index contributed by atoms with van der Waals surface area (Å²) in [5.41, 5.74) is 6.20. The second-order valence-corrected chi connectivity index (χ2v) is 7.79. The summed E-state index contributed by atoms with van der Waals surface area (Å²) < 4.78 is 20.9. The van der Waals surface area contributed by atoms with Crippen molar-refractivity contribution in [1.82, 2.24) is 14.5 Å². The highest BCUT2D eigenvalue weighted by Crippen LogP contribution is 2.36. The van der Waals surface area contributed by atoms with Gasteiger partial charge in [-0.1, -0.05) is 52.0 Å². The Labute approximate surface area is 164 Å². The first kappa shape index (κ1) is 18.4. The molecule has 0 bridgehead atoms. The number of rotatable bonds is 4. The van der Waals surface area contributed by atoms with Crippen LogP contribution < -0.4 is 0 Å². The minimum atomic E-state index is -0.831. The van der Waals surface area contributed by atoms with Crippen LogP contribution in [0.4, 0.5) is 4.39 Å². The van der Waals surface area contributed by atoms with Gasteiger partial charge in [0, 0.05) is 11.8 Å². The Morgan fingerprint density at radius 1 is 0.929 bits per heavy atom. The van der Waals surface area contributed by atoms with Crippen LogP contribution in [0.1, 0.15) is 56.4 Å². The fourth-order valence-corrected chi connectivity index (χ4v) is 3.75. The second-order valence-electron chi connectivity index (χ2n) is 7.79. The first-order valence-electron chi connectivity index (χ1n) is 9.61. The van der Waals surface area contributed by atoms with Gasteiger partial charge in [-0.2, -0.15) is 4.98 Å². The average Bonchev–Trinajstić information content (AvgIpc) is 3.22. The Hall–Kier alpha value is -2.95. The zero-order chi connectivity index (χ0) is 20.0. The molecule has 5 heteroatoms. The molecule has 2 aromatic carbocycles. The monoisotopic (exact) mass is 377 g/mol. The Morgan fingerprint density at radius 3 is 2.21 bits per heavy atom. The van der Waals surface area contributed by atoms with Crippen molar-refractivity contribution >= 4 is 11.1 Å². The van der Waals surface area contributed by atoms with Crippen LogP contribution in [0.15, 0.2) is 47.0 Å². The van der Waals surface area contributed by atoms with Crippen molar-refractivity contribution < 1.29 is 8.81 Å². The molecule has 0 N–H and O–H groups in total. The number of para-hydroxylation sites is 2. The summed E-state index contributed by atoms with van der Waals surface area (Å²) in [6.45, 7) is 10.7. The van der Waals surface area contributed by atoms with Gasteiger partial charge >= 0.3 is 6.14 Å². The lowest BCUT2D eigenvalue weighted by Gasteiger charge is -2.21. The molecule has 0 spiro atoms. The number of benzene rings is 2. The molecule has 0 aliphatic heterocycles. The van der Waals surface area contributed by atoms with E-state index < -0.39 is 6.14 Å². The highest BCUT2D eigenvalue weighted by atomic mass is 19.1. The third-order valence-corrected chi connectivity index (χ3v) is 5.04. The van der Waals surface area contributed by atoms with Crippen molar-refractivity contribution in [2.45, 2.75) is 46.5 Å². The van der Waals surface area contributed by atoms with Gasteiger partial charge in [0.15, 0.2) is 5.58 Å².